The normalized spacial score (nSPS) is 10.7. The van der Waals surface area contributed by atoms with E-state index in [0.717, 1.165) is 23.1 Å². The van der Waals surface area contributed by atoms with Gasteiger partial charge in [0.05, 0.1) is 12.1 Å². The van der Waals surface area contributed by atoms with Crippen LogP contribution < -0.4 is 4.90 Å². The summed E-state index contributed by atoms with van der Waals surface area (Å²) >= 11 is 3.08. The summed E-state index contributed by atoms with van der Waals surface area (Å²) in [7, 11) is 2.03. The second-order valence-electron chi connectivity index (χ2n) is 4.59. The van der Waals surface area contributed by atoms with E-state index in [0.29, 0.717) is 0 Å². The predicted molar refractivity (Wildman–Crippen MR) is 84.3 cm³/mol. The van der Waals surface area contributed by atoms with E-state index in [2.05, 4.69) is 38.3 Å². The van der Waals surface area contributed by atoms with Gasteiger partial charge in [0, 0.05) is 35.2 Å². The molecule has 0 atom stereocenters. The Balaban J connectivity index is 1.79. The van der Waals surface area contributed by atoms with Crippen molar-refractivity contribution < 1.29 is 0 Å². The van der Waals surface area contributed by atoms with E-state index in [1.807, 2.05) is 30.9 Å². The minimum Gasteiger partial charge on any atom is -0.345 e. The van der Waals surface area contributed by atoms with Gasteiger partial charge in [-0.1, -0.05) is 23.8 Å². The molecule has 3 rings (SSSR count). The van der Waals surface area contributed by atoms with Gasteiger partial charge in [-0.05, 0) is 13.0 Å². The van der Waals surface area contributed by atoms with Gasteiger partial charge in [-0.3, -0.25) is 4.98 Å². The van der Waals surface area contributed by atoms with Crippen LogP contribution in [0.4, 0.5) is 5.13 Å². The summed E-state index contributed by atoms with van der Waals surface area (Å²) in [6.07, 6.45) is 1.89. The Morgan fingerprint density at radius 2 is 2.20 bits per heavy atom. The molecule has 20 heavy (non-hydrogen) atoms. The first-order valence-electron chi connectivity index (χ1n) is 6.21. The smallest absolute Gasteiger partial charge is 0.205 e. The number of aryl methyl sites for hydroxylation is 1. The number of anilines is 1. The third-order valence-electron chi connectivity index (χ3n) is 2.89. The van der Waals surface area contributed by atoms with Crippen molar-refractivity contribution in [3.63, 3.8) is 0 Å². The second kappa shape index (κ2) is 5.68. The fourth-order valence-electron chi connectivity index (χ4n) is 1.89. The van der Waals surface area contributed by atoms with Gasteiger partial charge in [0.25, 0.3) is 0 Å². The summed E-state index contributed by atoms with van der Waals surface area (Å²) in [6.45, 7) is 2.89. The van der Waals surface area contributed by atoms with Crippen molar-refractivity contribution in [1.29, 1.82) is 0 Å². The molecule has 2 heterocycles. The molecule has 1 aromatic carbocycles. The van der Waals surface area contributed by atoms with Crippen LogP contribution in [0.3, 0.4) is 0 Å². The largest absolute Gasteiger partial charge is 0.345 e. The number of hydrogen-bond donors (Lipinski definition) is 0. The van der Waals surface area contributed by atoms with Gasteiger partial charge < -0.3 is 4.90 Å². The molecule has 0 amide bonds. The first-order valence-corrected chi connectivity index (χ1v) is 7.87. The monoisotopic (exact) mass is 302 g/mol. The van der Waals surface area contributed by atoms with E-state index in [1.165, 1.54) is 22.0 Å². The van der Waals surface area contributed by atoms with Crippen LogP contribution in [0.15, 0.2) is 36.0 Å². The molecule has 0 saturated carbocycles. The summed E-state index contributed by atoms with van der Waals surface area (Å²) in [4.78, 5) is 12.0. The molecule has 2 aromatic heterocycles. The van der Waals surface area contributed by atoms with Crippen LogP contribution in [0.5, 0.6) is 0 Å². The highest BCUT2D eigenvalue weighted by molar-refractivity contribution is 7.10. The molecule has 0 N–H and O–H groups in total. The van der Waals surface area contributed by atoms with E-state index in [1.54, 1.807) is 11.3 Å². The Bertz CT molecular complexity index is 691. The lowest BCUT2D eigenvalue weighted by Gasteiger charge is -2.12. The number of thiazole rings is 1. The zero-order valence-corrected chi connectivity index (χ0v) is 12.9. The van der Waals surface area contributed by atoms with Crippen molar-refractivity contribution in [3.8, 4) is 11.4 Å². The summed E-state index contributed by atoms with van der Waals surface area (Å²) < 4.78 is 4.45. The lowest BCUT2D eigenvalue weighted by Crippen LogP contribution is -2.15. The number of nitrogens with zero attached hydrogens (tertiary/aromatic N) is 4. The van der Waals surface area contributed by atoms with Gasteiger partial charge in [0.15, 0.2) is 5.82 Å². The van der Waals surface area contributed by atoms with Crippen LogP contribution in [0.2, 0.25) is 0 Å². The van der Waals surface area contributed by atoms with Crippen LogP contribution in [0.1, 0.15) is 10.4 Å². The molecule has 4 nitrogen and oxygen atoms in total. The number of benzene rings is 1. The topological polar surface area (TPSA) is 41.9 Å². The van der Waals surface area contributed by atoms with Crippen molar-refractivity contribution in [3.05, 3.63) is 46.4 Å². The van der Waals surface area contributed by atoms with Gasteiger partial charge in [-0.2, -0.15) is 9.36 Å². The van der Waals surface area contributed by atoms with Gasteiger partial charge in [0.2, 0.25) is 5.13 Å². The summed E-state index contributed by atoms with van der Waals surface area (Å²) in [6, 6.07) is 8.26. The highest BCUT2D eigenvalue weighted by Gasteiger charge is 2.11. The lowest BCUT2D eigenvalue weighted by molar-refractivity contribution is 0.928. The Labute approximate surface area is 125 Å². The van der Waals surface area contributed by atoms with Crippen molar-refractivity contribution in [2.24, 2.45) is 0 Å². The number of rotatable bonds is 4. The molecule has 102 valence electrons. The van der Waals surface area contributed by atoms with Crippen molar-refractivity contribution in [2.45, 2.75) is 13.5 Å². The van der Waals surface area contributed by atoms with Crippen molar-refractivity contribution in [2.75, 3.05) is 11.9 Å². The van der Waals surface area contributed by atoms with E-state index < -0.39 is 0 Å². The van der Waals surface area contributed by atoms with Crippen LogP contribution in [0, 0.1) is 6.92 Å². The first-order chi connectivity index (χ1) is 9.72. The fourth-order valence-corrected chi connectivity index (χ4v) is 3.19. The van der Waals surface area contributed by atoms with Crippen molar-refractivity contribution >= 4 is 28.0 Å². The fraction of sp³-hybridized carbons (Fsp3) is 0.214. The Morgan fingerprint density at radius 3 is 2.95 bits per heavy atom. The molecule has 0 aliphatic carbocycles. The molecule has 0 saturated heterocycles. The zero-order chi connectivity index (χ0) is 13.9. The average Bonchev–Trinajstić information content (AvgIpc) is 3.09. The summed E-state index contributed by atoms with van der Waals surface area (Å²) in [5, 5.41) is 0.926. The number of aromatic nitrogens is 3. The SMILES string of the molecule is Cc1cccc(-c2nsc(N(C)Cc3cncs3)n2)c1. The third-order valence-corrected chi connectivity index (χ3v) is 4.49. The van der Waals surface area contributed by atoms with Crippen molar-refractivity contribution in [1.82, 2.24) is 14.3 Å². The molecule has 0 spiro atoms. The predicted octanol–water partition coefficient (Wildman–Crippen LogP) is 3.61. The molecule has 0 fully saturated rings. The molecule has 3 aromatic rings. The molecule has 6 heteroatoms. The lowest BCUT2D eigenvalue weighted by atomic mass is 10.1. The summed E-state index contributed by atoms with van der Waals surface area (Å²) in [5.41, 5.74) is 4.14. The molecule has 0 radical (unpaired) electrons. The van der Waals surface area contributed by atoms with Crippen LogP contribution >= 0.6 is 22.9 Å². The standard InChI is InChI=1S/C14H14N4S2/c1-10-4-3-5-11(6-10)13-16-14(20-17-13)18(2)8-12-7-15-9-19-12/h3-7,9H,8H2,1-2H3. The molecule has 0 aliphatic rings. The van der Waals surface area contributed by atoms with E-state index in [-0.39, 0.29) is 0 Å². The third kappa shape index (κ3) is 2.86. The van der Waals surface area contributed by atoms with Crippen LogP contribution in [-0.4, -0.2) is 21.4 Å². The molecule has 0 unspecified atom stereocenters. The first kappa shape index (κ1) is 13.2. The molecular weight excluding hydrogens is 288 g/mol. The quantitative estimate of drug-likeness (QED) is 0.738. The van der Waals surface area contributed by atoms with Crippen LogP contribution in [-0.2, 0) is 6.54 Å². The number of hydrogen-bond acceptors (Lipinski definition) is 6. The summed E-state index contributed by atoms with van der Waals surface area (Å²) in [5.74, 6) is 0.796. The highest BCUT2D eigenvalue weighted by atomic mass is 32.1. The van der Waals surface area contributed by atoms with Gasteiger partial charge in [-0.15, -0.1) is 11.3 Å². The van der Waals surface area contributed by atoms with Gasteiger partial charge in [-0.25, -0.2) is 0 Å². The highest BCUT2D eigenvalue weighted by Crippen LogP contribution is 2.25. The van der Waals surface area contributed by atoms with E-state index in [4.69, 9.17) is 0 Å². The van der Waals surface area contributed by atoms with Crippen LogP contribution in [0.25, 0.3) is 11.4 Å². The Morgan fingerprint density at radius 1 is 1.30 bits per heavy atom. The zero-order valence-electron chi connectivity index (χ0n) is 11.3. The van der Waals surface area contributed by atoms with E-state index >= 15 is 0 Å². The maximum absolute atomic E-state index is 4.62. The van der Waals surface area contributed by atoms with Gasteiger partial charge in [0.1, 0.15) is 0 Å². The van der Waals surface area contributed by atoms with E-state index in [9.17, 15) is 0 Å². The Kier molecular flexibility index (Phi) is 3.75. The minimum atomic E-state index is 0.796. The molecule has 0 aliphatic heterocycles. The second-order valence-corrected chi connectivity index (χ2v) is 6.30. The Hall–Kier alpha value is -1.79. The van der Waals surface area contributed by atoms with Gasteiger partial charge >= 0.3 is 0 Å². The molecule has 0 bridgehead atoms. The molecular formula is C14H14N4S2. The maximum Gasteiger partial charge on any atom is 0.205 e. The minimum absolute atomic E-state index is 0.796. The maximum atomic E-state index is 4.62. The average molecular weight is 302 g/mol.